The van der Waals surface area contributed by atoms with Crippen molar-refractivity contribution in [2.24, 2.45) is 0 Å². The molecule has 0 aliphatic carbocycles. The van der Waals surface area contributed by atoms with Crippen LogP contribution in [0.3, 0.4) is 0 Å². The maximum atomic E-state index is 9.13. The molecule has 0 atom stereocenters. The van der Waals surface area contributed by atoms with Gasteiger partial charge in [0.05, 0.1) is 6.61 Å². The summed E-state index contributed by atoms with van der Waals surface area (Å²) in [4.78, 5) is 0.946. The van der Waals surface area contributed by atoms with E-state index >= 15 is 0 Å². The standard InChI is InChI=1S/C14H19NO2S/c1-3-4-8-16-9-10-17-13-6-5-7-14(18-2)12(13)11-15/h5-7H,3-4,8-10H2,1-2H3. The van der Waals surface area contributed by atoms with E-state index < -0.39 is 0 Å². The number of nitriles is 1. The average molecular weight is 265 g/mol. The molecule has 98 valence electrons. The summed E-state index contributed by atoms with van der Waals surface area (Å²) in [5.41, 5.74) is 0.610. The van der Waals surface area contributed by atoms with Crippen molar-refractivity contribution in [3.63, 3.8) is 0 Å². The first-order valence-electron chi connectivity index (χ1n) is 6.11. The van der Waals surface area contributed by atoms with Crippen LogP contribution in [0.5, 0.6) is 5.75 Å². The number of benzene rings is 1. The van der Waals surface area contributed by atoms with Crippen LogP contribution in [-0.2, 0) is 4.74 Å². The van der Waals surface area contributed by atoms with Crippen molar-refractivity contribution in [3.8, 4) is 11.8 Å². The summed E-state index contributed by atoms with van der Waals surface area (Å²) in [7, 11) is 0. The van der Waals surface area contributed by atoms with E-state index in [-0.39, 0.29) is 0 Å². The van der Waals surface area contributed by atoms with Crippen LogP contribution in [0.2, 0.25) is 0 Å². The number of thioether (sulfide) groups is 1. The molecule has 0 saturated carbocycles. The molecule has 0 heterocycles. The zero-order valence-corrected chi connectivity index (χ0v) is 11.8. The molecule has 0 bridgehead atoms. The molecule has 0 fully saturated rings. The van der Waals surface area contributed by atoms with Gasteiger partial charge in [0.2, 0.25) is 0 Å². The van der Waals surface area contributed by atoms with Gasteiger partial charge >= 0.3 is 0 Å². The van der Waals surface area contributed by atoms with Crippen LogP contribution >= 0.6 is 11.8 Å². The second-order valence-corrected chi connectivity index (χ2v) is 4.61. The zero-order valence-electron chi connectivity index (χ0n) is 10.9. The van der Waals surface area contributed by atoms with Gasteiger partial charge in [0, 0.05) is 11.5 Å². The Morgan fingerprint density at radius 2 is 2.11 bits per heavy atom. The van der Waals surface area contributed by atoms with Crippen molar-refractivity contribution in [2.45, 2.75) is 24.7 Å². The average Bonchev–Trinajstić information content (AvgIpc) is 2.42. The molecule has 0 aromatic heterocycles. The molecule has 0 N–H and O–H groups in total. The van der Waals surface area contributed by atoms with Crippen LogP contribution in [0.4, 0.5) is 0 Å². The van der Waals surface area contributed by atoms with E-state index in [9.17, 15) is 0 Å². The molecule has 18 heavy (non-hydrogen) atoms. The SMILES string of the molecule is CCCCOCCOc1cccc(SC)c1C#N. The molecule has 0 saturated heterocycles. The Morgan fingerprint density at radius 3 is 2.78 bits per heavy atom. The second-order valence-electron chi connectivity index (χ2n) is 3.76. The van der Waals surface area contributed by atoms with Crippen molar-refractivity contribution in [1.82, 2.24) is 0 Å². The summed E-state index contributed by atoms with van der Waals surface area (Å²) in [6.45, 7) is 3.95. The third kappa shape index (κ3) is 4.59. The van der Waals surface area contributed by atoms with Crippen LogP contribution in [0.1, 0.15) is 25.3 Å². The molecule has 0 unspecified atom stereocenters. The van der Waals surface area contributed by atoms with Crippen LogP contribution in [0.25, 0.3) is 0 Å². The highest BCUT2D eigenvalue weighted by atomic mass is 32.2. The number of ether oxygens (including phenoxy) is 2. The summed E-state index contributed by atoms with van der Waals surface area (Å²) < 4.78 is 11.0. The topological polar surface area (TPSA) is 42.2 Å². The Hall–Kier alpha value is -1.18. The van der Waals surface area contributed by atoms with Gasteiger partial charge in [-0.15, -0.1) is 11.8 Å². The minimum Gasteiger partial charge on any atom is -0.490 e. The van der Waals surface area contributed by atoms with E-state index in [1.54, 1.807) is 11.8 Å². The van der Waals surface area contributed by atoms with Crippen LogP contribution in [0.15, 0.2) is 23.1 Å². The number of unbranched alkanes of at least 4 members (excludes halogenated alkanes) is 1. The van der Waals surface area contributed by atoms with Gasteiger partial charge in [-0.25, -0.2) is 0 Å². The Labute approximate surface area is 113 Å². The van der Waals surface area contributed by atoms with Gasteiger partial charge in [0.25, 0.3) is 0 Å². The van der Waals surface area contributed by atoms with E-state index in [1.807, 2.05) is 24.5 Å². The fourth-order valence-electron chi connectivity index (χ4n) is 1.47. The van der Waals surface area contributed by atoms with Gasteiger partial charge < -0.3 is 9.47 Å². The number of rotatable bonds is 8. The van der Waals surface area contributed by atoms with Gasteiger partial charge in [-0.05, 0) is 24.8 Å². The molecular formula is C14H19NO2S. The van der Waals surface area contributed by atoms with E-state index in [1.165, 1.54) is 0 Å². The van der Waals surface area contributed by atoms with E-state index in [0.717, 1.165) is 24.3 Å². The molecule has 0 amide bonds. The van der Waals surface area contributed by atoms with Gasteiger partial charge in [-0.1, -0.05) is 19.4 Å². The van der Waals surface area contributed by atoms with E-state index in [4.69, 9.17) is 14.7 Å². The summed E-state index contributed by atoms with van der Waals surface area (Å²) in [5.74, 6) is 0.642. The zero-order chi connectivity index (χ0) is 13.2. The lowest BCUT2D eigenvalue weighted by molar-refractivity contribution is 0.0979. The Kier molecular flexibility index (Phi) is 7.31. The van der Waals surface area contributed by atoms with Gasteiger partial charge in [-0.2, -0.15) is 5.26 Å². The molecule has 3 nitrogen and oxygen atoms in total. The Morgan fingerprint density at radius 1 is 1.28 bits per heavy atom. The predicted octanol–water partition coefficient (Wildman–Crippen LogP) is 3.48. The van der Waals surface area contributed by atoms with E-state index in [0.29, 0.717) is 24.5 Å². The van der Waals surface area contributed by atoms with Crippen LogP contribution < -0.4 is 4.74 Å². The molecule has 0 aliphatic rings. The smallest absolute Gasteiger partial charge is 0.138 e. The van der Waals surface area contributed by atoms with Gasteiger partial charge in [-0.3, -0.25) is 0 Å². The number of nitrogens with zero attached hydrogens (tertiary/aromatic N) is 1. The first kappa shape index (κ1) is 14.9. The van der Waals surface area contributed by atoms with Crippen molar-refractivity contribution in [1.29, 1.82) is 5.26 Å². The lowest BCUT2D eigenvalue weighted by Gasteiger charge is -2.10. The minimum atomic E-state index is 0.482. The van der Waals surface area contributed by atoms with Crippen LogP contribution in [-0.4, -0.2) is 26.1 Å². The van der Waals surface area contributed by atoms with Crippen molar-refractivity contribution >= 4 is 11.8 Å². The quantitative estimate of drug-likeness (QED) is 0.533. The molecule has 0 aliphatic heterocycles. The molecule has 1 aromatic carbocycles. The largest absolute Gasteiger partial charge is 0.490 e. The molecule has 1 rings (SSSR count). The monoisotopic (exact) mass is 265 g/mol. The highest BCUT2D eigenvalue weighted by molar-refractivity contribution is 7.98. The molecule has 4 heteroatoms. The van der Waals surface area contributed by atoms with Gasteiger partial charge in [0.15, 0.2) is 0 Å². The molecule has 1 aromatic rings. The summed E-state index contributed by atoms with van der Waals surface area (Å²) in [5, 5.41) is 9.13. The fraction of sp³-hybridized carbons (Fsp3) is 0.500. The predicted molar refractivity (Wildman–Crippen MR) is 74.2 cm³/mol. The maximum Gasteiger partial charge on any atom is 0.138 e. The third-order valence-corrected chi connectivity index (χ3v) is 3.23. The molecular weight excluding hydrogens is 246 g/mol. The van der Waals surface area contributed by atoms with Crippen LogP contribution in [0, 0.1) is 11.3 Å². The van der Waals surface area contributed by atoms with Crippen molar-refractivity contribution in [3.05, 3.63) is 23.8 Å². The Balaban J connectivity index is 2.45. The van der Waals surface area contributed by atoms with Crippen molar-refractivity contribution in [2.75, 3.05) is 26.1 Å². The number of hydrogen-bond acceptors (Lipinski definition) is 4. The normalized spacial score (nSPS) is 10.1. The van der Waals surface area contributed by atoms with Gasteiger partial charge in [0.1, 0.15) is 24.0 Å². The minimum absolute atomic E-state index is 0.482. The second kappa shape index (κ2) is 8.84. The summed E-state index contributed by atoms with van der Waals surface area (Å²) in [6, 6.07) is 7.84. The van der Waals surface area contributed by atoms with E-state index in [2.05, 4.69) is 13.0 Å². The Bertz CT molecular complexity index is 401. The third-order valence-electron chi connectivity index (χ3n) is 2.45. The van der Waals surface area contributed by atoms with Crippen molar-refractivity contribution < 1.29 is 9.47 Å². The lowest BCUT2D eigenvalue weighted by atomic mass is 10.2. The maximum absolute atomic E-state index is 9.13. The summed E-state index contributed by atoms with van der Waals surface area (Å²) >= 11 is 1.55. The first-order valence-corrected chi connectivity index (χ1v) is 7.33. The highest BCUT2D eigenvalue weighted by Crippen LogP contribution is 2.27. The summed E-state index contributed by atoms with van der Waals surface area (Å²) in [6.07, 6.45) is 4.16. The lowest BCUT2D eigenvalue weighted by Crippen LogP contribution is -2.08. The molecule has 0 spiro atoms. The fourth-order valence-corrected chi connectivity index (χ4v) is 2.04. The highest BCUT2D eigenvalue weighted by Gasteiger charge is 2.07. The molecule has 0 radical (unpaired) electrons. The first-order chi connectivity index (χ1) is 8.83. The number of hydrogen-bond donors (Lipinski definition) is 0.